The quantitative estimate of drug-likeness (QED) is 0.702. The Morgan fingerprint density at radius 2 is 2.00 bits per heavy atom. The third-order valence-electron chi connectivity index (χ3n) is 4.04. The molecule has 3 heterocycles. The van der Waals surface area contributed by atoms with Crippen LogP contribution in [0.15, 0.2) is 27.2 Å². The summed E-state index contributed by atoms with van der Waals surface area (Å²) < 4.78 is 5.93. The van der Waals surface area contributed by atoms with Crippen molar-refractivity contribution in [1.82, 2.24) is 20.0 Å². The van der Waals surface area contributed by atoms with Crippen molar-refractivity contribution >= 4 is 40.0 Å². The molecule has 1 saturated heterocycles. The molecular formula is C17H23N5O3S2. The van der Waals surface area contributed by atoms with Crippen LogP contribution in [-0.4, -0.2) is 70.3 Å². The number of piperazine rings is 1. The lowest BCUT2D eigenvalue weighted by Crippen LogP contribution is -2.51. The largest absolute Gasteiger partial charge is 0.459 e. The molecule has 0 saturated carbocycles. The van der Waals surface area contributed by atoms with Crippen LogP contribution in [0.3, 0.4) is 0 Å². The van der Waals surface area contributed by atoms with E-state index in [0.29, 0.717) is 43.6 Å². The van der Waals surface area contributed by atoms with Gasteiger partial charge in [-0.25, -0.2) is 0 Å². The van der Waals surface area contributed by atoms with Crippen LogP contribution in [-0.2, 0) is 4.79 Å². The first-order valence-electron chi connectivity index (χ1n) is 8.83. The van der Waals surface area contributed by atoms with Gasteiger partial charge in [0.1, 0.15) is 0 Å². The zero-order valence-corrected chi connectivity index (χ0v) is 17.0. The average Bonchev–Trinajstić information content (AvgIpc) is 3.36. The summed E-state index contributed by atoms with van der Waals surface area (Å²) in [6, 6.07) is 3.35. The highest BCUT2D eigenvalue weighted by Crippen LogP contribution is 2.26. The van der Waals surface area contributed by atoms with E-state index in [2.05, 4.69) is 29.4 Å². The van der Waals surface area contributed by atoms with Gasteiger partial charge in [0, 0.05) is 32.7 Å². The number of thioether (sulfide) groups is 1. The predicted molar refractivity (Wildman–Crippen MR) is 105 cm³/mol. The summed E-state index contributed by atoms with van der Waals surface area (Å²) in [7, 11) is 0. The topological polar surface area (TPSA) is 91.6 Å². The van der Waals surface area contributed by atoms with Gasteiger partial charge in [0.15, 0.2) is 10.1 Å². The van der Waals surface area contributed by atoms with Gasteiger partial charge in [0.25, 0.3) is 5.91 Å². The Kier molecular flexibility index (Phi) is 6.73. The zero-order valence-electron chi connectivity index (χ0n) is 15.4. The minimum absolute atomic E-state index is 0.0528. The molecule has 0 spiro atoms. The molecule has 2 amide bonds. The van der Waals surface area contributed by atoms with E-state index in [1.807, 2.05) is 0 Å². The van der Waals surface area contributed by atoms with Gasteiger partial charge >= 0.3 is 0 Å². The summed E-state index contributed by atoms with van der Waals surface area (Å²) in [5, 5.41) is 12.2. The minimum atomic E-state index is -0.128. The van der Waals surface area contributed by atoms with Crippen molar-refractivity contribution in [2.75, 3.05) is 43.8 Å². The number of furan rings is 1. The maximum absolute atomic E-state index is 12.4. The molecule has 2 aromatic heterocycles. The van der Waals surface area contributed by atoms with Gasteiger partial charge in [-0.05, 0) is 18.1 Å². The van der Waals surface area contributed by atoms with Gasteiger partial charge in [-0.15, -0.1) is 10.2 Å². The molecule has 1 fully saturated rings. The van der Waals surface area contributed by atoms with E-state index in [-0.39, 0.29) is 11.8 Å². The van der Waals surface area contributed by atoms with E-state index in [9.17, 15) is 9.59 Å². The number of hydrogen-bond acceptors (Lipinski definition) is 8. The van der Waals surface area contributed by atoms with Gasteiger partial charge in [-0.1, -0.05) is 36.9 Å². The van der Waals surface area contributed by atoms with Crippen LogP contribution in [0.2, 0.25) is 0 Å². The molecule has 3 rings (SSSR count). The Labute approximate surface area is 166 Å². The van der Waals surface area contributed by atoms with Crippen molar-refractivity contribution in [3.63, 3.8) is 0 Å². The lowest BCUT2D eigenvalue weighted by atomic mass is 10.2. The van der Waals surface area contributed by atoms with E-state index < -0.39 is 0 Å². The average molecular weight is 410 g/mol. The Bertz CT molecular complexity index is 754. The molecule has 27 heavy (non-hydrogen) atoms. The first kappa shape index (κ1) is 19.7. The second-order valence-electron chi connectivity index (χ2n) is 6.59. The molecular weight excluding hydrogens is 386 g/mol. The maximum atomic E-state index is 12.4. The van der Waals surface area contributed by atoms with Crippen LogP contribution in [0.4, 0.5) is 5.13 Å². The molecule has 10 heteroatoms. The normalized spacial score (nSPS) is 14.6. The van der Waals surface area contributed by atoms with Gasteiger partial charge < -0.3 is 19.5 Å². The third-order valence-corrected chi connectivity index (χ3v) is 6.04. The minimum Gasteiger partial charge on any atom is -0.459 e. The summed E-state index contributed by atoms with van der Waals surface area (Å²) in [6.45, 7) is 7.19. The molecule has 1 aliphatic heterocycles. The van der Waals surface area contributed by atoms with E-state index in [4.69, 9.17) is 4.42 Å². The number of anilines is 1. The monoisotopic (exact) mass is 409 g/mol. The van der Waals surface area contributed by atoms with Gasteiger partial charge in [-0.3, -0.25) is 9.59 Å². The molecule has 0 radical (unpaired) electrons. The van der Waals surface area contributed by atoms with Gasteiger partial charge in [0.2, 0.25) is 11.0 Å². The van der Waals surface area contributed by atoms with Crippen molar-refractivity contribution in [3.05, 3.63) is 24.2 Å². The van der Waals surface area contributed by atoms with Crippen molar-refractivity contribution in [1.29, 1.82) is 0 Å². The second kappa shape index (κ2) is 9.23. The molecule has 0 atom stereocenters. The standard InChI is InChI=1S/C17H23N5O3S2/c1-12(2)10-18-16-19-20-17(27-16)26-11-14(23)21-5-7-22(8-6-21)15(24)13-4-3-9-25-13/h3-4,9,12H,5-8,10-11H2,1-2H3,(H,18,19). The van der Waals surface area contributed by atoms with E-state index in [1.165, 1.54) is 29.4 Å². The summed E-state index contributed by atoms with van der Waals surface area (Å²) in [5.41, 5.74) is 0. The van der Waals surface area contributed by atoms with Gasteiger partial charge in [0.05, 0.1) is 12.0 Å². The number of hydrogen-bond donors (Lipinski definition) is 1. The molecule has 8 nitrogen and oxygen atoms in total. The maximum Gasteiger partial charge on any atom is 0.289 e. The molecule has 0 bridgehead atoms. The van der Waals surface area contributed by atoms with Crippen molar-refractivity contribution in [2.24, 2.45) is 5.92 Å². The van der Waals surface area contributed by atoms with Crippen LogP contribution in [0.5, 0.6) is 0 Å². The Morgan fingerprint density at radius 1 is 1.26 bits per heavy atom. The number of rotatable bonds is 7. The Balaban J connectivity index is 1.41. The van der Waals surface area contributed by atoms with Crippen LogP contribution in [0, 0.1) is 5.92 Å². The predicted octanol–water partition coefficient (Wildman–Crippen LogP) is 2.28. The molecule has 0 aromatic carbocycles. The number of aromatic nitrogens is 2. The van der Waals surface area contributed by atoms with Crippen LogP contribution in [0.1, 0.15) is 24.4 Å². The third kappa shape index (κ3) is 5.46. The second-order valence-corrected chi connectivity index (χ2v) is 8.79. The fraction of sp³-hybridized carbons (Fsp3) is 0.529. The summed E-state index contributed by atoms with van der Waals surface area (Å²) in [5.74, 6) is 1.12. The first-order valence-corrected chi connectivity index (χ1v) is 10.6. The summed E-state index contributed by atoms with van der Waals surface area (Å²) >= 11 is 2.86. The number of amides is 2. The fourth-order valence-electron chi connectivity index (χ4n) is 2.56. The van der Waals surface area contributed by atoms with Crippen LogP contribution >= 0.6 is 23.1 Å². The zero-order chi connectivity index (χ0) is 19.2. The molecule has 2 aromatic rings. The SMILES string of the molecule is CC(C)CNc1nnc(SCC(=O)N2CCN(C(=O)c3ccco3)CC2)s1. The van der Waals surface area contributed by atoms with Crippen molar-refractivity contribution in [3.8, 4) is 0 Å². The van der Waals surface area contributed by atoms with E-state index >= 15 is 0 Å². The molecule has 146 valence electrons. The smallest absolute Gasteiger partial charge is 0.289 e. The molecule has 1 aliphatic rings. The summed E-state index contributed by atoms with van der Waals surface area (Å²) in [4.78, 5) is 28.2. The van der Waals surface area contributed by atoms with Crippen molar-refractivity contribution in [2.45, 2.75) is 18.2 Å². The van der Waals surface area contributed by atoms with Crippen LogP contribution < -0.4 is 5.32 Å². The number of nitrogens with one attached hydrogen (secondary N) is 1. The van der Waals surface area contributed by atoms with Gasteiger partial charge in [-0.2, -0.15) is 0 Å². The Hall–Kier alpha value is -2.07. The van der Waals surface area contributed by atoms with E-state index in [1.54, 1.807) is 21.9 Å². The molecule has 0 unspecified atom stereocenters. The fourth-order valence-corrected chi connectivity index (χ4v) is 4.22. The highest BCUT2D eigenvalue weighted by molar-refractivity contribution is 8.01. The first-order chi connectivity index (χ1) is 13.0. The lowest BCUT2D eigenvalue weighted by molar-refractivity contribution is -0.129. The number of nitrogens with zero attached hydrogens (tertiary/aromatic N) is 4. The van der Waals surface area contributed by atoms with Crippen LogP contribution in [0.25, 0.3) is 0 Å². The number of carbonyl (C=O) groups excluding carboxylic acids is 2. The lowest BCUT2D eigenvalue weighted by Gasteiger charge is -2.34. The molecule has 0 aliphatic carbocycles. The Morgan fingerprint density at radius 3 is 2.67 bits per heavy atom. The van der Waals surface area contributed by atoms with E-state index in [0.717, 1.165) is 16.0 Å². The van der Waals surface area contributed by atoms with Crippen molar-refractivity contribution < 1.29 is 14.0 Å². The highest BCUT2D eigenvalue weighted by atomic mass is 32.2. The molecule has 1 N–H and O–H groups in total. The number of carbonyl (C=O) groups is 2. The highest BCUT2D eigenvalue weighted by Gasteiger charge is 2.26. The summed E-state index contributed by atoms with van der Waals surface area (Å²) in [6.07, 6.45) is 1.49.